The van der Waals surface area contributed by atoms with Crippen molar-refractivity contribution in [2.45, 2.75) is 6.42 Å². The fourth-order valence-electron chi connectivity index (χ4n) is 2.15. The van der Waals surface area contributed by atoms with Crippen LogP contribution in [0.25, 0.3) is 5.57 Å². The molecular formula is C13H12. The van der Waals surface area contributed by atoms with Gasteiger partial charge in [0.25, 0.3) is 0 Å². The van der Waals surface area contributed by atoms with Crippen molar-refractivity contribution in [2.24, 2.45) is 11.8 Å². The Labute approximate surface area is 78.6 Å². The van der Waals surface area contributed by atoms with Crippen LogP contribution in [0.1, 0.15) is 12.0 Å². The molecule has 64 valence electrons. The molecule has 2 atom stereocenters. The Bertz CT molecular complexity index is 370. The van der Waals surface area contributed by atoms with Crippen LogP contribution in [0, 0.1) is 11.8 Å². The summed E-state index contributed by atoms with van der Waals surface area (Å²) in [6.45, 7) is 0. The zero-order valence-electron chi connectivity index (χ0n) is 7.48. The smallest absolute Gasteiger partial charge is 0.00869 e. The average molecular weight is 168 g/mol. The lowest BCUT2D eigenvalue weighted by Gasteiger charge is -2.08. The number of hydrogen-bond acceptors (Lipinski definition) is 0. The van der Waals surface area contributed by atoms with Gasteiger partial charge in [-0.1, -0.05) is 48.6 Å². The summed E-state index contributed by atoms with van der Waals surface area (Å²) >= 11 is 0. The summed E-state index contributed by atoms with van der Waals surface area (Å²) in [4.78, 5) is 0. The lowest BCUT2D eigenvalue weighted by Crippen LogP contribution is -1.91. The van der Waals surface area contributed by atoms with Gasteiger partial charge in [-0.3, -0.25) is 0 Å². The standard InChI is InChI=1S/C13H12/c1-2-5-10(6-3-1)12-8-4-7-11-9-13(11)12/h1-8,11,13H,9H2. The van der Waals surface area contributed by atoms with Crippen LogP contribution in [-0.4, -0.2) is 0 Å². The van der Waals surface area contributed by atoms with Crippen molar-refractivity contribution in [3.05, 3.63) is 54.1 Å². The molecule has 2 aliphatic rings. The summed E-state index contributed by atoms with van der Waals surface area (Å²) < 4.78 is 0. The van der Waals surface area contributed by atoms with Crippen LogP contribution in [0.5, 0.6) is 0 Å². The fourth-order valence-corrected chi connectivity index (χ4v) is 2.15. The second-order valence-corrected chi connectivity index (χ2v) is 3.88. The minimum atomic E-state index is 0.826. The van der Waals surface area contributed by atoms with Gasteiger partial charge in [0, 0.05) is 0 Å². The third kappa shape index (κ3) is 1.14. The van der Waals surface area contributed by atoms with Crippen molar-refractivity contribution in [2.75, 3.05) is 0 Å². The molecule has 0 spiro atoms. The van der Waals surface area contributed by atoms with Crippen molar-refractivity contribution >= 4 is 5.57 Å². The van der Waals surface area contributed by atoms with Crippen LogP contribution in [0.15, 0.2) is 48.6 Å². The molecule has 1 saturated carbocycles. The molecule has 2 aliphatic carbocycles. The van der Waals surface area contributed by atoms with E-state index in [4.69, 9.17) is 0 Å². The Morgan fingerprint density at radius 1 is 1.08 bits per heavy atom. The Morgan fingerprint density at radius 3 is 2.77 bits per heavy atom. The molecule has 0 saturated heterocycles. The van der Waals surface area contributed by atoms with Crippen molar-refractivity contribution in [3.8, 4) is 0 Å². The van der Waals surface area contributed by atoms with Crippen LogP contribution < -0.4 is 0 Å². The lowest BCUT2D eigenvalue weighted by molar-refractivity contribution is 0.999. The molecule has 0 heterocycles. The topological polar surface area (TPSA) is 0 Å². The maximum absolute atomic E-state index is 2.33. The predicted octanol–water partition coefficient (Wildman–Crippen LogP) is 3.28. The molecule has 13 heavy (non-hydrogen) atoms. The fraction of sp³-hybridized carbons (Fsp3) is 0.231. The molecule has 0 bridgehead atoms. The van der Waals surface area contributed by atoms with E-state index in [0.29, 0.717) is 0 Å². The molecule has 0 heteroatoms. The van der Waals surface area contributed by atoms with Crippen molar-refractivity contribution in [1.29, 1.82) is 0 Å². The van der Waals surface area contributed by atoms with Gasteiger partial charge in [0.15, 0.2) is 0 Å². The SMILES string of the molecule is C1=CC2CC2C(c2ccccc2)=C1. The normalized spacial score (nSPS) is 29.4. The van der Waals surface area contributed by atoms with E-state index in [9.17, 15) is 0 Å². The van der Waals surface area contributed by atoms with Gasteiger partial charge in [0.05, 0.1) is 0 Å². The van der Waals surface area contributed by atoms with Crippen molar-refractivity contribution < 1.29 is 0 Å². The first-order chi connectivity index (χ1) is 6.45. The number of fused-ring (bicyclic) bond motifs is 1. The highest BCUT2D eigenvalue weighted by molar-refractivity contribution is 5.73. The molecule has 1 aromatic carbocycles. The second kappa shape index (κ2) is 2.59. The molecular weight excluding hydrogens is 156 g/mol. The molecule has 0 aromatic heterocycles. The van der Waals surface area contributed by atoms with E-state index >= 15 is 0 Å². The van der Waals surface area contributed by atoms with E-state index in [1.807, 2.05) is 0 Å². The van der Waals surface area contributed by atoms with E-state index in [1.165, 1.54) is 17.6 Å². The summed E-state index contributed by atoms with van der Waals surface area (Å²) in [5.74, 6) is 1.67. The number of hydrogen-bond donors (Lipinski definition) is 0. The van der Waals surface area contributed by atoms with E-state index < -0.39 is 0 Å². The number of allylic oxidation sites excluding steroid dienone is 4. The van der Waals surface area contributed by atoms with Crippen LogP contribution in [0.2, 0.25) is 0 Å². The van der Waals surface area contributed by atoms with Gasteiger partial charge >= 0.3 is 0 Å². The van der Waals surface area contributed by atoms with Crippen molar-refractivity contribution in [3.63, 3.8) is 0 Å². The molecule has 0 N–H and O–H groups in total. The summed E-state index contributed by atoms with van der Waals surface area (Å²) in [6.07, 6.45) is 8.16. The van der Waals surface area contributed by atoms with E-state index in [-0.39, 0.29) is 0 Å². The summed E-state index contributed by atoms with van der Waals surface area (Å²) in [6, 6.07) is 10.7. The molecule has 0 nitrogen and oxygen atoms in total. The average Bonchev–Trinajstić information content (AvgIpc) is 2.97. The Morgan fingerprint density at radius 2 is 1.92 bits per heavy atom. The Hall–Kier alpha value is -1.30. The molecule has 1 aromatic rings. The second-order valence-electron chi connectivity index (χ2n) is 3.88. The molecule has 0 amide bonds. The lowest BCUT2D eigenvalue weighted by atomic mass is 9.97. The third-order valence-corrected chi connectivity index (χ3v) is 2.98. The quantitative estimate of drug-likeness (QED) is 0.603. The van der Waals surface area contributed by atoms with Gasteiger partial charge in [-0.05, 0) is 29.4 Å². The maximum atomic E-state index is 2.33. The first-order valence-electron chi connectivity index (χ1n) is 4.89. The maximum Gasteiger partial charge on any atom is -0.00869 e. The van der Waals surface area contributed by atoms with Gasteiger partial charge in [-0.15, -0.1) is 0 Å². The van der Waals surface area contributed by atoms with Gasteiger partial charge in [-0.2, -0.15) is 0 Å². The highest BCUT2D eigenvalue weighted by Gasteiger charge is 2.39. The van der Waals surface area contributed by atoms with Gasteiger partial charge < -0.3 is 0 Å². The van der Waals surface area contributed by atoms with E-state index in [1.54, 1.807) is 0 Å². The van der Waals surface area contributed by atoms with Crippen molar-refractivity contribution in [1.82, 2.24) is 0 Å². The zero-order valence-corrected chi connectivity index (χ0v) is 7.48. The highest BCUT2D eigenvalue weighted by Crippen LogP contribution is 2.50. The predicted molar refractivity (Wildman–Crippen MR) is 55.2 cm³/mol. The number of benzene rings is 1. The first kappa shape index (κ1) is 7.14. The van der Waals surface area contributed by atoms with E-state index in [2.05, 4.69) is 48.6 Å². The largest absolute Gasteiger partial charge is 0.0808 e. The molecule has 0 aliphatic heterocycles. The Kier molecular flexibility index (Phi) is 1.42. The zero-order chi connectivity index (χ0) is 8.67. The number of rotatable bonds is 1. The highest BCUT2D eigenvalue weighted by atomic mass is 14.4. The van der Waals surface area contributed by atoms with Crippen LogP contribution in [0.4, 0.5) is 0 Å². The monoisotopic (exact) mass is 168 g/mol. The van der Waals surface area contributed by atoms with Crippen LogP contribution in [-0.2, 0) is 0 Å². The third-order valence-electron chi connectivity index (χ3n) is 2.98. The van der Waals surface area contributed by atoms with Crippen LogP contribution in [0.3, 0.4) is 0 Å². The molecule has 3 rings (SSSR count). The first-order valence-corrected chi connectivity index (χ1v) is 4.89. The summed E-state index contributed by atoms with van der Waals surface area (Å²) in [5, 5.41) is 0. The summed E-state index contributed by atoms with van der Waals surface area (Å²) in [5.41, 5.74) is 2.94. The van der Waals surface area contributed by atoms with Gasteiger partial charge in [-0.25, -0.2) is 0 Å². The molecule has 2 unspecified atom stereocenters. The molecule has 0 radical (unpaired) electrons. The minimum Gasteiger partial charge on any atom is -0.0808 e. The van der Waals surface area contributed by atoms with Gasteiger partial charge in [0.1, 0.15) is 0 Å². The van der Waals surface area contributed by atoms with Crippen LogP contribution >= 0.6 is 0 Å². The molecule has 1 fully saturated rings. The van der Waals surface area contributed by atoms with E-state index in [0.717, 1.165) is 11.8 Å². The van der Waals surface area contributed by atoms with Gasteiger partial charge in [0.2, 0.25) is 0 Å². The Balaban J connectivity index is 2.02. The summed E-state index contributed by atoms with van der Waals surface area (Å²) in [7, 11) is 0. The minimum absolute atomic E-state index is 0.826.